The monoisotopic (exact) mass is 331 g/mol. The number of ether oxygens (including phenoxy) is 4. The zero-order valence-corrected chi connectivity index (χ0v) is 14.2. The highest BCUT2D eigenvalue weighted by molar-refractivity contribution is 6.05. The molecule has 6 nitrogen and oxygen atoms in total. The first-order valence-corrected chi connectivity index (χ1v) is 7.47. The number of carbonyl (C=O) groups excluding carboxylic acids is 1. The Morgan fingerprint density at radius 3 is 2.29 bits per heavy atom. The van der Waals surface area contributed by atoms with Gasteiger partial charge >= 0.3 is 0 Å². The van der Waals surface area contributed by atoms with Crippen LogP contribution in [0.4, 0.5) is 5.69 Å². The summed E-state index contributed by atoms with van der Waals surface area (Å²) in [5.74, 6) is 1.99. The number of hydrogen-bond acceptors (Lipinski definition) is 5. The second-order valence-electron chi connectivity index (χ2n) is 4.82. The van der Waals surface area contributed by atoms with Crippen molar-refractivity contribution in [3.8, 4) is 23.0 Å². The smallest absolute Gasteiger partial charge is 0.255 e. The van der Waals surface area contributed by atoms with Gasteiger partial charge < -0.3 is 24.3 Å². The van der Waals surface area contributed by atoms with E-state index >= 15 is 0 Å². The van der Waals surface area contributed by atoms with Crippen molar-refractivity contribution in [3.63, 3.8) is 0 Å². The number of carbonyl (C=O) groups is 1. The fraction of sp³-hybridized carbons (Fsp3) is 0.278. The van der Waals surface area contributed by atoms with Crippen LogP contribution < -0.4 is 24.3 Å². The van der Waals surface area contributed by atoms with Gasteiger partial charge in [0.1, 0.15) is 11.5 Å². The molecule has 6 heteroatoms. The van der Waals surface area contributed by atoms with E-state index in [9.17, 15) is 4.79 Å². The molecule has 0 spiro atoms. The summed E-state index contributed by atoms with van der Waals surface area (Å²) >= 11 is 0. The van der Waals surface area contributed by atoms with Crippen molar-refractivity contribution in [2.24, 2.45) is 0 Å². The summed E-state index contributed by atoms with van der Waals surface area (Å²) in [6.07, 6.45) is 0. The summed E-state index contributed by atoms with van der Waals surface area (Å²) < 4.78 is 21.2. The second-order valence-corrected chi connectivity index (χ2v) is 4.82. The molecule has 0 aliphatic carbocycles. The first-order chi connectivity index (χ1) is 11.6. The Kier molecular flexibility index (Phi) is 5.89. The summed E-state index contributed by atoms with van der Waals surface area (Å²) in [6.45, 7) is 2.35. The molecule has 0 saturated heterocycles. The van der Waals surface area contributed by atoms with E-state index in [-0.39, 0.29) is 5.91 Å². The fourth-order valence-corrected chi connectivity index (χ4v) is 2.18. The molecule has 0 radical (unpaired) electrons. The maximum Gasteiger partial charge on any atom is 0.255 e. The Hall–Kier alpha value is -2.89. The summed E-state index contributed by atoms with van der Waals surface area (Å²) in [6, 6.07) is 10.2. The normalized spacial score (nSPS) is 10.0. The highest BCUT2D eigenvalue weighted by atomic mass is 16.5. The molecule has 24 heavy (non-hydrogen) atoms. The maximum absolute atomic E-state index is 12.5. The number of nitrogens with one attached hydrogen (secondary N) is 1. The van der Waals surface area contributed by atoms with Gasteiger partial charge in [-0.25, -0.2) is 0 Å². The standard InChI is InChI=1S/C18H21NO5/c1-5-24-17-10-12(6-9-15(17)22-3)18(20)19-14-8-7-13(21-2)11-16(14)23-4/h6-11H,5H2,1-4H3,(H,19,20). The molecule has 0 aliphatic rings. The molecule has 0 bridgehead atoms. The van der Waals surface area contributed by atoms with Gasteiger partial charge in [-0.3, -0.25) is 4.79 Å². The van der Waals surface area contributed by atoms with Gasteiger partial charge in [0.15, 0.2) is 11.5 Å². The van der Waals surface area contributed by atoms with Gasteiger partial charge in [0.2, 0.25) is 0 Å². The first-order valence-electron chi connectivity index (χ1n) is 7.47. The number of benzene rings is 2. The van der Waals surface area contributed by atoms with E-state index in [1.54, 1.807) is 50.6 Å². The number of anilines is 1. The second kappa shape index (κ2) is 8.10. The van der Waals surface area contributed by atoms with Gasteiger partial charge in [-0.15, -0.1) is 0 Å². The van der Waals surface area contributed by atoms with Crippen LogP contribution in [-0.2, 0) is 0 Å². The third-order valence-electron chi connectivity index (χ3n) is 3.38. The summed E-state index contributed by atoms with van der Waals surface area (Å²) in [5.41, 5.74) is 1.01. The minimum absolute atomic E-state index is 0.276. The molecule has 1 N–H and O–H groups in total. The first kappa shape index (κ1) is 17.5. The van der Waals surface area contributed by atoms with Crippen molar-refractivity contribution < 1.29 is 23.7 Å². The minimum Gasteiger partial charge on any atom is -0.497 e. The van der Waals surface area contributed by atoms with E-state index in [2.05, 4.69) is 5.32 Å². The topological polar surface area (TPSA) is 66.0 Å². The molecule has 0 aliphatic heterocycles. The molecule has 0 fully saturated rings. The van der Waals surface area contributed by atoms with E-state index in [0.717, 1.165) is 0 Å². The molecule has 0 aromatic heterocycles. The fourth-order valence-electron chi connectivity index (χ4n) is 2.18. The Morgan fingerprint density at radius 2 is 1.67 bits per heavy atom. The molecule has 128 valence electrons. The van der Waals surface area contributed by atoms with Crippen molar-refractivity contribution in [1.82, 2.24) is 0 Å². The molecule has 1 amide bonds. The Labute approximate surface area is 141 Å². The molecule has 0 atom stereocenters. The number of rotatable bonds is 7. The zero-order valence-electron chi connectivity index (χ0n) is 14.2. The third-order valence-corrected chi connectivity index (χ3v) is 3.38. The van der Waals surface area contributed by atoms with E-state index in [0.29, 0.717) is 40.9 Å². The van der Waals surface area contributed by atoms with Crippen LogP contribution in [0.5, 0.6) is 23.0 Å². The summed E-state index contributed by atoms with van der Waals surface area (Å²) in [4.78, 5) is 12.5. The quantitative estimate of drug-likeness (QED) is 0.843. The van der Waals surface area contributed by atoms with Crippen LogP contribution in [0.2, 0.25) is 0 Å². The lowest BCUT2D eigenvalue weighted by molar-refractivity contribution is 0.102. The number of amides is 1. The van der Waals surface area contributed by atoms with E-state index < -0.39 is 0 Å². The SMILES string of the molecule is CCOc1cc(C(=O)Nc2ccc(OC)cc2OC)ccc1OC. The van der Waals surface area contributed by atoms with Crippen LogP contribution in [-0.4, -0.2) is 33.8 Å². The van der Waals surface area contributed by atoms with Gasteiger partial charge in [-0.1, -0.05) is 0 Å². The highest BCUT2D eigenvalue weighted by Crippen LogP contribution is 2.31. The predicted octanol–water partition coefficient (Wildman–Crippen LogP) is 3.36. The van der Waals surface area contributed by atoms with Crippen molar-refractivity contribution in [3.05, 3.63) is 42.0 Å². The predicted molar refractivity (Wildman–Crippen MR) is 91.7 cm³/mol. The van der Waals surface area contributed by atoms with Crippen LogP contribution in [0, 0.1) is 0 Å². The zero-order chi connectivity index (χ0) is 17.5. The van der Waals surface area contributed by atoms with Gasteiger partial charge in [0, 0.05) is 11.6 Å². The maximum atomic E-state index is 12.5. The lowest BCUT2D eigenvalue weighted by Crippen LogP contribution is -2.13. The summed E-state index contributed by atoms with van der Waals surface area (Å²) in [7, 11) is 4.66. The van der Waals surface area contributed by atoms with Gasteiger partial charge in [-0.2, -0.15) is 0 Å². The van der Waals surface area contributed by atoms with E-state index in [1.165, 1.54) is 7.11 Å². The molecular weight excluding hydrogens is 310 g/mol. The lowest BCUT2D eigenvalue weighted by Gasteiger charge is -2.13. The minimum atomic E-state index is -0.276. The molecule has 2 aromatic carbocycles. The van der Waals surface area contributed by atoms with Gasteiger partial charge in [0.25, 0.3) is 5.91 Å². The highest BCUT2D eigenvalue weighted by Gasteiger charge is 2.14. The van der Waals surface area contributed by atoms with Crippen LogP contribution in [0.1, 0.15) is 17.3 Å². The Bertz CT molecular complexity index is 715. The van der Waals surface area contributed by atoms with Crippen molar-refractivity contribution in [2.75, 3.05) is 33.3 Å². The van der Waals surface area contributed by atoms with Crippen LogP contribution >= 0.6 is 0 Å². The molecule has 0 heterocycles. The van der Waals surface area contributed by atoms with E-state index in [1.807, 2.05) is 6.92 Å². The summed E-state index contributed by atoms with van der Waals surface area (Å²) in [5, 5.41) is 2.82. The van der Waals surface area contributed by atoms with Crippen LogP contribution in [0.3, 0.4) is 0 Å². The molecule has 2 aromatic rings. The lowest BCUT2D eigenvalue weighted by atomic mass is 10.1. The third kappa shape index (κ3) is 3.90. The average molecular weight is 331 g/mol. The Balaban J connectivity index is 2.25. The van der Waals surface area contributed by atoms with Crippen LogP contribution in [0.15, 0.2) is 36.4 Å². The number of hydrogen-bond donors (Lipinski definition) is 1. The van der Waals surface area contributed by atoms with Crippen LogP contribution in [0.25, 0.3) is 0 Å². The van der Waals surface area contributed by atoms with Gasteiger partial charge in [-0.05, 0) is 37.3 Å². The molecule has 0 saturated carbocycles. The largest absolute Gasteiger partial charge is 0.497 e. The van der Waals surface area contributed by atoms with Crippen molar-refractivity contribution in [2.45, 2.75) is 6.92 Å². The Morgan fingerprint density at radius 1 is 0.917 bits per heavy atom. The van der Waals surface area contributed by atoms with E-state index in [4.69, 9.17) is 18.9 Å². The van der Waals surface area contributed by atoms with Crippen molar-refractivity contribution in [1.29, 1.82) is 0 Å². The number of methoxy groups -OCH3 is 3. The van der Waals surface area contributed by atoms with Gasteiger partial charge in [0.05, 0.1) is 33.6 Å². The molecular formula is C18H21NO5. The van der Waals surface area contributed by atoms with Crippen molar-refractivity contribution >= 4 is 11.6 Å². The molecule has 2 rings (SSSR count). The molecule has 0 unspecified atom stereocenters. The average Bonchev–Trinajstić information content (AvgIpc) is 2.62.